The summed E-state index contributed by atoms with van der Waals surface area (Å²) in [5.74, 6) is 0.580. The van der Waals surface area contributed by atoms with E-state index in [1.54, 1.807) is 36.2 Å². The number of nitrogens with zero attached hydrogens (tertiary/aromatic N) is 4. The van der Waals surface area contributed by atoms with Gasteiger partial charge in [0.1, 0.15) is 5.82 Å². The summed E-state index contributed by atoms with van der Waals surface area (Å²) in [6.45, 7) is 0. The van der Waals surface area contributed by atoms with Crippen LogP contribution in [0.5, 0.6) is 5.88 Å². The van der Waals surface area contributed by atoms with Crippen LogP contribution < -0.4 is 10.1 Å². The summed E-state index contributed by atoms with van der Waals surface area (Å²) in [6.07, 6.45) is 3.45. The van der Waals surface area contributed by atoms with Gasteiger partial charge in [0.2, 0.25) is 11.8 Å². The fourth-order valence-corrected chi connectivity index (χ4v) is 2.22. The number of methoxy groups -OCH3 is 1. The molecule has 0 aliphatic carbocycles. The number of aromatic nitrogens is 4. The van der Waals surface area contributed by atoms with E-state index in [9.17, 15) is 4.39 Å². The lowest BCUT2D eigenvalue weighted by Crippen LogP contribution is -2.15. The van der Waals surface area contributed by atoms with E-state index in [2.05, 4.69) is 20.4 Å². The molecular weight excluding hydrogens is 297 g/mol. The van der Waals surface area contributed by atoms with Gasteiger partial charge in [-0.05, 0) is 23.8 Å². The lowest BCUT2D eigenvalue weighted by atomic mass is 10.0. The lowest BCUT2D eigenvalue weighted by molar-refractivity contribution is 0.397. The maximum Gasteiger partial charge on any atom is 0.226 e. The van der Waals surface area contributed by atoms with Crippen molar-refractivity contribution in [2.45, 2.75) is 6.04 Å². The Morgan fingerprint density at radius 3 is 2.61 bits per heavy atom. The van der Waals surface area contributed by atoms with E-state index in [4.69, 9.17) is 4.74 Å². The number of aryl methyl sites for hydroxylation is 1. The molecule has 7 heteroatoms. The van der Waals surface area contributed by atoms with Crippen LogP contribution in [0.1, 0.15) is 17.3 Å². The van der Waals surface area contributed by atoms with Crippen LogP contribution in [0.3, 0.4) is 0 Å². The molecule has 0 aliphatic rings. The van der Waals surface area contributed by atoms with Gasteiger partial charge < -0.3 is 10.1 Å². The zero-order valence-corrected chi connectivity index (χ0v) is 12.8. The fraction of sp³-hybridized carbons (Fsp3) is 0.188. The molecule has 1 aromatic carbocycles. The molecule has 3 rings (SSSR count). The Bertz CT molecular complexity index is 787. The van der Waals surface area contributed by atoms with Crippen molar-refractivity contribution < 1.29 is 9.13 Å². The molecule has 0 saturated heterocycles. The predicted octanol–water partition coefficient (Wildman–Crippen LogP) is 2.56. The molecule has 0 aliphatic heterocycles. The van der Waals surface area contributed by atoms with E-state index in [-0.39, 0.29) is 11.9 Å². The first-order valence-electron chi connectivity index (χ1n) is 7.04. The van der Waals surface area contributed by atoms with Crippen LogP contribution in [0.2, 0.25) is 0 Å². The first kappa shape index (κ1) is 15.0. The maximum atomic E-state index is 13.2. The maximum absolute atomic E-state index is 13.2. The number of hydrogen-bond donors (Lipinski definition) is 1. The van der Waals surface area contributed by atoms with Gasteiger partial charge in [0.15, 0.2) is 0 Å². The Morgan fingerprint density at radius 2 is 1.96 bits per heavy atom. The number of nitrogens with one attached hydrogen (secondary N) is 1. The Hall–Kier alpha value is -2.96. The summed E-state index contributed by atoms with van der Waals surface area (Å²) >= 11 is 0. The largest absolute Gasteiger partial charge is 0.481 e. The van der Waals surface area contributed by atoms with Gasteiger partial charge in [0.05, 0.1) is 18.8 Å². The van der Waals surface area contributed by atoms with Crippen molar-refractivity contribution in [3.05, 3.63) is 65.9 Å². The third kappa shape index (κ3) is 3.45. The van der Waals surface area contributed by atoms with Crippen LogP contribution in [0.25, 0.3) is 0 Å². The molecule has 1 unspecified atom stereocenters. The quantitative estimate of drug-likeness (QED) is 0.784. The first-order valence-corrected chi connectivity index (χ1v) is 7.04. The predicted molar refractivity (Wildman–Crippen MR) is 83.7 cm³/mol. The Morgan fingerprint density at radius 1 is 1.17 bits per heavy atom. The van der Waals surface area contributed by atoms with Crippen LogP contribution in [-0.2, 0) is 7.05 Å². The van der Waals surface area contributed by atoms with Crippen molar-refractivity contribution in [3.8, 4) is 5.88 Å². The molecule has 1 atom stereocenters. The van der Waals surface area contributed by atoms with Crippen LogP contribution in [0, 0.1) is 5.82 Å². The van der Waals surface area contributed by atoms with Crippen molar-refractivity contribution in [1.82, 2.24) is 19.7 Å². The van der Waals surface area contributed by atoms with Gasteiger partial charge in [-0.3, -0.25) is 4.68 Å². The normalized spacial score (nSPS) is 12.0. The Labute approximate surface area is 133 Å². The van der Waals surface area contributed by atoms with Gasteiger partial charge >= 0.3 is 0 Å². The highest BCUT2D eigenvalue weighted by Gasteiger charge is 2.18. The topological polar surface area (TPSA) is 64.9 Å². The standard InChI is InChI=1S/C16H16FN5O/c1-22-10-8-13(21-22)15(11-3-5-12(17)6-4-11)20-16-18-9-7-14(19-16)23-2/h3-10,15H,1-2H3,(H,18,19,20). The smallest absolute Gasteiger partial charge is 0.226 e. The zero-order valence-electron chi connectivity index (χ0n) is 12.8. The second kappa shape index (κ2) is 6.43. The summed E-state index contributed by atoms with van der Waals surface area (Å²) in [6, 6.07) is 9.51. The number of ether oxygens (including phenoxy) is 1. The van der Waals surface area contributed by atoms with Crippen molar-refractivity contribution in [1.29, 1.82) is 0 Å². The molecule has 0 fully saturated rings. The molecule has 2 heterocycles. The van der Waals surface area contributed by atoms with E-state index in [0.29, 0.717) is 11.8 Å². The van der Waals surface area contributed by atoms with Crippen molar-refractivity contribution in [2.75, 3.05) is 12.4 Å². The van der Waals surface area contributed by atoms with E-state index in [0.717, 1.165) is 11.3 Å². The summed E-state index contributed by atoms with van der Waals surface area (Å²) in [5.41, 5.74) is 1.64. The third-order valence-corrected chi connectivity index (χ3v) is 3.35. The number of benzene rings is 1. The minimum Gasteiger partial charge on any atom is -0.481 e. The molecule has 0 bridgehead atoms. The van der Waals surface area contributed by atoms with E-state index in [1.807, 2.05) is 19.3 Å². The summed E-state index contributed by atoms with van der Waals surface area (Å²) in [7, 11) is 3.38. The van der Waals surface area contributed by atoms with E-state index in [1.165, 1.54) is 12.1 Å². The number of anilines is 1. The molecule has 0 spiro atoms. The second-order valence-corrected chi connectivity index (χ2v) is 4.97. The van der Waals surface area contributed by atoms with E-state index < -0.39 is 0 Å². The van der Waals surface area contributed by atoms with Gasteiger partial charge in [-0.25, -0.2) is 9.37 Å². The molecule has 0 saturated carbocycles. The van der Waals surface area contributed by atoms with Gasteiger partial charge in [-0.15, -0.1) is 0 Å². The molecule has 0 amide bonds. The van der Waals surface area contributed by atoms with E-state index >= 15 is 0 Å². The summed E-state index contributed by atoms with van der Waals surface area (Å²) in [5, 5.41) is 7.64. The van der Waals surface area contributed by atoms with Gasteiger partial charge in [-0.2, -0.15) is 10.1 Å². The second-order valence-electron chi connectivity index (χ2n) is 4.97. The minimum atomic E-state index is -0.302. The molecular formula is C16H16FN5O. The van der Waals surface area contributed by atoms with Crippen LogP contribution >= 0.6 is 0 Å². The Balaban J connectivity index is 1.96. The monoisotopic (exact) mass is 313 g/mol. The molecule has 2 aromatic heterocycles. The average Bonchev–Trinajstić information content (AvgIpc) is 3.00. The van der Waals surface area contributed by atoms with Crippen molar-refractivity contribution >= 4 is 5.95 Å². The number of rotatable bonds is 5. The number of halogens is 1. The molecule has 23 heavy (non-hydrogen) atoms. The highest BCUT2D eigenvalue weighted by Crippen LogP contribution is 2.24. The van der Waals surface area contributed by atoms with Crippen LogP contribution in [0.4, 0.5) is 10.3 Å². The first-order chi connectivity index (χ1) is 11.2. The van der Waals surface area contributed by atoms with Gasteiger partial charge in [0.25, 0.3) is 0 Å². The van der Waals surface area contributed by atoms with Crippen LogP contribution in [0.15, 0.2) is 48.8 Å². The average molecular weight is 313 g/mol. The SMILES string of the molecule is COc1ccnc(NC(c2ccc(F)cc2)c2ccn(C)n2)n1. The molecule has 118 valence electrons. The zero-order chi connectivity index (χ0) is 16.2. The fourth-order valence-electron chi connectivity index (χ4n) is 2.22. The van der Waals surface area contributed by atoms with Crippen molar-refractivity contribution in [3.63, 3.8) is 0 Å². The molecule has 3 aromatic rings. The van der Waals surface area contributed by atoms with Gasteiger partial charge in [-0.1, -0.05) is 12.1 Å². The Kier molecular flexibility index (Phi) is 4.18. The minimum absolute atomic E-state index is 0.286. The lowest BCUT2D eigenvalue weighted by Gasteiger charge is -2.17. The highest BCUT2D eigenvalue weighted by molar-refractivity contribution is 5.39. The number of hydrogen-bond acceptors (Lipinski definition) is 5. The van der Waals surface area contributed by atoms with Crippen molar-refractivity contribution in [2.24, 2.45) is 7.05 Å². The molecule has 1 N–H and O–H groups in total. The van der Waals surface area contributed by atoms with Gasteiger partial charge in [0, 0.05) is 25.5 Å². The molecule has 0 radical (unpaired) electrons. The third-order valence-electron chi connectivity index (χ3n) is 3.35. The highest BCUT2D eigenvalue weighted by atomic mass is 19.1. The summed E-state index contributed by atoms with van der Waals surface area (Å²) in [4.78, 5) is 8.44. The van der Waals surface area contributed by atoms with Crippen LogP contribution in [-0.4, -0.2) is 26.9 Å². The summed E-state index contributed by atoms with van der Waals surface area (Å²) < 4.78 is 20.0. The molecule has 6 nitrogen and oxygen atoms in total.